The molecule has 0 saturated heterocycles. The number of carbonyl (C=O) groups excluding carboxylic acids is 1. The number of aromatic nitrogens is 1. The molecule has 0 radical (unpaired) electrons. The van der Waals surface area contributed by atoms with Crippen LogP contribution in [0.3, 0.4) is 0 Å². The molecule has 15 heavy (non-hydrogen) atoms. The number of anilines is 1. The number of carbonyl (C=O) groups is 1. The first-order valence-electron chi connectivity index (χ1n) is 4.99. The van der Waals surface area contributed by atoms with Crippen LogP contribution in [0.25, 0.3) is 0 Å². The van der Waals surface area contributed by atoms with Gasteiger partial charge in [0.15, 0.2) is 5.82 Å². The molecule has 0 spiro atoms. The minimum absolute atomic E-state index is 0.370. The van der Waals surface area contributed by atoms with Crippen LogP contribution in [0.1, 0.15) is 26.0 Å². The van der Waals surface area contributed by atoms with Gasteiger partial charge >= 0.3 is 6.09 Å². The fourth-order valence-electron chi connectivity index (χ4n) is 0.902. The van der Waals surface area contributed by atoms with Gasteiger partial charge in [0.05, 0.1) is 6.61 Å². The van der Waals surface area contributed by atoms with Crippen molar-refractivity contribution < 1.29 is 14.1 Å². The summed E-state index contributed by atoms with van der Waals surface area (Å²) in [4.78, 5) is 11.2. The summed E-state index contributed by atoms with van der Waals surface area (Å²) >= 11 is 0. The van der Waals surface area contributed by atoms with Gasteiger partial charge in [-0.2, -0.15) is 0 Å². The fourth-order valence-corrected chi connectivity index (χ4v) is 0.902. The highest BCUT2D eigenvalue weighted by atomic mass is 16.5. The van der Waals surface area contributed by atoms with Gasteiger partial charge in [-0.05, 0) is 12.8 Å². The van der Waals surface area contributed by atoms with E-state index in [4.69, 9.17) is 9.26 Å². The Bertz CT molecular complexity index is 322. The largest absolute Gasteiger partial charge is 0.449 e. The Balaban J connectivity index is 2.30. The molecule has 0 unspecified atom stereocenters. The number of nitrogens with zero attached hydrogens (tertiary/aromatic N) is 1. The maximum Gasteiger partial charge on any atom is 0.412 e. The first-order chi connectivity index (χ1) is 7.11. The zero-order chi connectivity index (χ0) is 11.3. The minimum Gasteiger partial charge on any atom is -0.449 e. The van der Waals surface area contributed by atoms with Gasteiger partial charge in [0.1, 0.15) is 5.76 Å². The lowest BCUT2D eigenvalue weighted by atomic mass is 10.1. The number of hydrogen-bond donors (Lipinski definition) is 1. The van der Waals surface area contributed by atoms with Crippen molar-refractivity contribution in [2.45, 2.75) is 27.2 Å². The Morgan fingerprint density at radius 1 is 1.73 bits per heavy atom. The highest BCUT2D eigenvalue weighted by Gasteiger charge is 2.08. The standard InChI is InChI=1S/C10H16N2O3/c1-4-7(2)6-14-10(13)11-9-5-8(3)15-12-9/h5,7H,4,6H2,1-3H3,(H,11,12,13)/t7-/m0/s1. The second kappa shape index (κ2) is 5.38. The Morgan fingerprint density at radius 3 is 3.00 bits per heavy atom. The summed E-state index contributed by atoms with van der Waals surface area (Å²) in [6, 6.07) is 1.63. The van der Waals surface area contributed by atoms with E-state index < -0.39 is 6.09 Å². The topological polar surface area (TPSA) is 64.4 Å². The Kier molecular flexibility index (Phi) is 4.15. The van der Waals surface area contributed by atoms with Crippen molar-refractivity contribution in [3.05, 3.63) is 11.8 Å². The number of hydrogen-bond acceptors (Lipinski definition) is 4. The van der Waals surface area contributed by atoms with Crippen LogP contribution < -0.4 is 5.32 Å². The summed E-state index contributed by atoms with van der Waals surface area (Å²) in [6.45, 7) is 6.24. The van der Waals surface area contributed by atoms with Gasteiger partial charge in [0.2, 0.25) is 0 Å². The quantitative estimate of drug-likeness (QED) is 0.833. The maximum atomic E-state index is 11.2. The lowest BCUT2D eigenvalue weighted by molar-refractivity contribution is 0.143. The Hall–Kier alpha value is -1.52. The van der Waals surface area contributed by atoms with Gasteiger partial charge in [0, 0.05) is 6.07 Å². The lowest BCUT2D eigenvalue weighted by Crippen LogP contribution is -2.17. The third kappa shape index (κ3) is 4.01. The summed E-state index contributed by atoms with van der Waals surface area (Å²) in [5.74, 6) is 1.39. The SMILES string of the molecule is CC[C@H](C)COC(=O)Nc1cc(C)on1. The lowest BCUT2D eigenvalue weighted by Gasteiger charge is -2.08. The van der Waals surface area contributed by atoms with Crippen molar-refractivity contribution in [1.82, 2.24) is 5.16 Å². The van der Waals surface area contributed by atoms with E-state index in [1.165, 1.54) is 0 Å². The van der Waals surface area contributed by atoms with Gasteiger partial charge in [-0.15, -0.1) is 0 Å². The van der Waals surface area contributed by atoms with Crippen LogP contribution in [-0.2, 0) is 4.74 Å². The molecular weight excluding hydrogens is 196 g/mol. The molecule has 1 aromatic heterocycles. The molecule has 5 heteroatoms. The third-order valence-corrected chi connectivity index (χ3v) is 2.05. The molecule has 1 amide bonds. The highest BCUT2D eigenvalue weighted by molar-refractivity contribution is 5.83. The van der Waals surface area contributed by atoms with Crippen LogP contribution in [0.5, 0.6) is 0 Å². The average Bonchev–Trinajstić information content (AvgIpc) is 2.60. The van der Waals surface area contributed by atoms with Gasteiger partial charge in [0.25, 0.3) is 0 Å². The monoisotopic (exact) mass is 212 g/mol. The van der Waals surface area contributed by atoms with E-state index in [1.54, 1.807) is 13.0 Å². The van der Waals surface area contributed by atoms with E-state index in [9.17, 15) is 4.79 Å². The molecule has 1 aromatic rings. The number of ether oxygens (including phenoxy) is 1. The van der Waals surface area contributed by atoms with Crippen molar-refractivity contribution in [1.29, 1.82) is 0 Å². The third-order valence-electron chi connectivity index (χ3n) is 2.05. The molecule has 0 aliphatic heterocycles. The zero-order valence-corrected chi connectivity index (χ0v) is 9.24. The second-order valence-electron chi connectivity index (χ2n) is 3.56. The molecule has 1 atom stereocenters. The first-order valence-corrected chi connectivity index (χ1v) is 4.99. The predicted molar refractivity (Wildman–Crippen MR) is 55.7 cm³/mol. The minimum atomic E-state index is -0.497. The molecule has 0 aliphatic carbocycles. The number of nitrogens with one attached hydrogen (secondary N) is 1. The van der Waals surface area contributed by atoms with Gasteiger partial charge in [-0.3, -0.25) is 5.32 Å². The summed E-state index contributed by atoms with van der Waals surface area (Å²) in [7, 11) is 0. The number of amides is 1. The van der Waals surface area contributed by atoms with Crippen molar-refractivity contribution in [2.75, 3.05) is 11.9 Å². The van der Waals surface area contributed by atoms with Crippen LogP contribution in [0.15, 0.2) is 10.6 Å². The summed E-state index contributed by atoms with van der Waals surface area (Å²) in [6.07, 6.45) is 0.486. The van der Waals surface area contributed by atoms with E-state index in [0.29, 0.717) is 24.1 Å². The summed E-state index contributed by atoms with van der Waals surface area (Å²) < 4.78 is 9.77. The van der Waals surface area contributed by atoms with Crippen molar-refractivity contribution in [2.24, 2.45) is 5.92 Å². The molecule has 0 fully saturated rings. The predicted octanol–water partition coefficient (Wildman–Crippen LogP) is 2.58. The molecule has 1 heterocycles. The van der Waals surface area contributed by atoms with Crippen LogP contribution in [0.2, 0.25) is 0 Å². The van der Waals surface area contributed by atoms with E-state index in [1.807, 2.05) is 13.8 Å². The summed E-state index contributed by atoms with van der Waals surface area (Å²) in [5.41, 5.74) is 0. The molecular formula is C10H16N2O3. The van der Waals surface area contributed by atoms with Crippen LogP contribution >= 0.6 is 0 Å². The van der Waals surface area contributed by atoms with Gasteiger partial charge < -0.3 is 9.26 Å². The Morgan fingerprint density at radius 2 is 2.47 bits per heavy atom. The molecule has 1 N–H and O–H groups in total. The molecule has 0 bridgehead atoms. The first kappa shape index (κ1) is 11.6. The van der Waals surface area contributed by atoms with Crippen molar-refractivity contribution in [3.8, 4) is 0 Å². The fraction of sp³-hybridized carbons (Fsp3) is 0.600. The van der Waals surface area contributed by atoms with Crippen molar-refractivity contribution >= 4 is 11.9 Å². The van der Waals surface area contributed by atoms with Crippen molar-refractivity contribution in [3.63, 3.8) is 0 Å². The second-order valence-corrected chi connectivity index (χ2v) is 3.56. The summed E-state index contributed by atoms with van der Waals surface area (Å²) in [5, 5.41) is 6.09. The highest BCUT2D eigenvalue weighted by Crippen LogP contribution is 2.08. The molecule has 0 aromatic carbocycles. The molecule has 1 rings (SSSR count). The molecule has 0 saturated carbocycles. The van der Waals surface area contributed by atoms with Crippen LogP contribution in [0.4, 0.5) is 10.6 Å². The van der Waals surface area contributed by atoms with E-state index in [2.05, 4.69) is 10.5 Å². The van der Waals surface area contributed by atoms with E-state index >= 15 is 0 Å². The normalized spacial score (nSPS) is 12.2. The number of aryl methyl sites for hydroxylation is 1. The molecule has 84 valence electrons. The van der Waals surface area contributed by atoms with Gasteiger partial charge in [-0.25, -0.2) is 4.79 Å². The smallest absolute Gasteiger partial charge is 0.412 e. The zero-order valence-electron chi connectivity index (χ0n) is 9.24. The average molecular weight is 212 g/mol. The molecule has 0 aliphatic rings. The van der Waals surface area contributed by atoms with E-state index in [0.717, 1.165) is 6.42 Å². The maximum absolute atomic E-state index is 11.2. The molecule has 5 nitrogen and oxygen atoms in total. The van der Waals surface area contributed by atoms with Crippen LogP contribution in [-0.4, -0.2) is 17.9 Å². The Labute approximate surface area is 88.8 Å². The van der Waals surface area contributed by atoms with Gasteiger partial charge in [-0.1, -0.05) is 25.4 Å². The van der Waals surface area contributed by atoms with E-state index in [-0.39, 0.29) is 0 Å². The number of rotatable bonds is 4. The van der Waals surface area contributed by atoms with Crippen LogP contribution in [0, 0.1) is 12.8 Å².